The van der Waals surface area contributed by atoms with Crippen LogP contribution in [-0.4, -0.2) is 17.4 Å². The van der Waals surface area contributed by atoms with Crippen LogP contribution in [0.4, 0.5) is 11.4 Å². The predicted molar refractivity (Wildman–Crippen MR) is 106 cm³/mol. The monoisotopic (exact) mass is 394 g/mol. The lowest BCUT2D eigenvalue weighted by molar-refractivity contribution is -0.384. The fourth-order valence-electron chi connectivity index (χ4n) is 3.63. The van der Waals surface area contributed by atoms with Gasteiger partial charge in [-0.05, 0) is 61.6 Å². The van der Waals surface area contributed by atoms with Crippen molar-refractivity contribution < 1.29 is 18.9 Å². The van der Waals surface area contributed by atoms with Gasteiger partial charge in [0.05, 0.1) is 10.3 Å². The van der Waals surface area contributed by atoms with Crippen molar-refractivity contribution in [2.24, 2.45) is 0 Å². The fourth-order valence-corrected chi connectivity index (χ4v) is 3.63. The highest BCUT2D eigenvalue weighted by Gasteiger charge is 2.22. The zero-order valence-electron chi connectivity index (χ0n) is 15.7. The Morgan fingerprint density at radius 3 is 2.66 bits per heavy atom. The van der Waals surface area contributed by atoms with E-state index in [0.717, 1.165) is 29.4 Å². The minimum Gasteiger partial charge on any atom is -0.483 e. The molecule has 1 heterocycles. The third-order valence-corrected chi connectivity index (χ3v) is 4.90. The van der Waals surface area contributed by atoms with Gasteiger partial charge in [-0.15, -0.1) is 0 Å². The number of benzene rings is 2. The number of carbonyl (C=O) groups excluding carboxylic acids is 1. The Hall–Kier alpha value is -3.68. The van der Waals surface area contributed by atoms with Crippen molar-refractivity contribution in [3.8, 4) is 5.75 Å². The van der Waals surface area contributed by atoms with Gasteiger partial charge in [-0.1, -0.05) is 0 Å². The standard InChI is InChI=1S/C21H18N2O6/c1-12-9-17(20-15-3-2-4-16(15)21(25)29-18(20)10-12)28-11-19(24)22-13-5-7-14(8-6-13)23(26)27/h5-10H,2-4,11H2,1H3,(H,22,24). The lowest BCUT2D eigenvalue weighted by atomic mass is 10.0. The molecular formula is C21H18N2O6. The van der Waals surface area contributed by atoms with Gasteiger partial charge < -0.3 is 14.5 Å². The summed E-state index contributed by atoms with van der Waals surface area (Å²) in [6, 6.07) is 9.16. The normalized spacial score (nSPS) is 12.6. The van der Waals surface area contributed by atoms with Gasteiger partial charge >= 0.3 is 5.63 Å². The van der Waals surface area contributed by atoms with Crippen molar-refractivity contribution >= 4 is 28.3 Å². The maximum absolute atomic E-state index is 12.3. The van der Waals surface area contributed by atoms with Crippen molar-refractivity contribution in [1.82, 2.24) is 0 Å². The van der Waals surface area contributed by atoms with Crippen LogP contribution in [0.1, 0.15) is 23.1 Å². The molecule has 0 saturated heterocycles. The number of amides is 1. The van der Waals surface area contributed by atoms with Crippen LogP contribution in [0.2, 0.25) is 0 Å². The number of hydrogen-bond donors (Lipinski definition) is 1. The van der Waals surface area contributed by atoms with E-state index in [1.54, 1.807) is 6.07 Å². The second kappa shape index (κ2) is 7.38. The molecule has 3 aromatic rings. The molecule has 2 aromatic carbocycles. The number of nitrogens with zero attached hydrogens (tertiary/aromatic N) is 1. The van der Waals surface area contributed by atoms with E-state index in [1.165, 1.54) is 24.3 Å². The maximum atomic E-state index is 12.3. The van der Waals surface area contributed by atoms with Gasteiger partial charge in [0.15, 0.2) is 6.61 Å². The fraction of sp³-hybridized carbons (Fsp3) is 0.238. The molecule has 0 unspecified atom stereocenters. The van der Waals surface area contributed by atoms with Gasteiger partial charge in [-0.3, -0.25) is 14.9 Å². The molecule has 0 aliphatic heterocycles. The highest BCUT2D eigenvalue weighted by Crippen LogP contribution is 2.35. The van der Waals surface area contributed by atoms with Crippen molar-refractivity contribution in [1.29, 1.82) is 0 Å². The van der Waals surface area contributed by atoms with E-state index in [9.17, 15) is 19.7 Å². The summed E-state index contributed by atoms with van der Waals surface area (Å²) in [5, 5.41) is 14.1. The minimum absolute atomic E-state index is 0.0548. The van der Waals surface area contributed by atoms with E-state index in [1.807, 2.05) is 13.0 Å². The van der Waals surface area contributed by atoms with Gasteiger partial charge in [0.25, 0.3) is 11.6 Å². The zero-order chi connectivity index (χ0) is 20.5. The molecule has 1 aromatic heterocycles. The van der Waals surface area contributed by atoms with Crippen LogP contribution in [-0.2, 0) is 17.6 Å². The third-order valence-electron chi connectivity index (χ3n) is 4.90. The topological polar surface area (TPSA) is 112 Å². The summed E-state index contributed by atoms with van der Waals surface area (Å²) in [7, 11) is 0. The Balaban J connectivity index is 1.55. The number of ether oxygens (including phenoxy) is 1. The number of non-ortho nitro benzene ring substituents is 1. The zero-order valence-corrected chi connectivity index (χ0v) is 15.7. The Labute approximate surface area is 165 Å². The van der Waals surface area contributed by atoms with Crippen molar-refractivity contribution in [3.05, 3.63) is 73.6 Å². The Bertz CT molecular complexity index is 1180. The molecule has 0 radical (unpaired) electrons. The number of carbonyl (C=O) groups is 1. The summed E-state index contributed by atoms with van der Waals surface area (Å²) in [6.07, 6.45) is 2.33. The summed E-state index contributed by atoms with van der Waals surface area (Å²) < 4.78 is 11.2. The first-order chi connectivity index (χ1) is 13.9. The van der Waals surface area contributed by atoms with E-state index >= 15 is 0 Å². The molecule has 0 spiro atoms. The van der Waals surface area contributed by atoms with E-state index in [4.69, 9.17) is 9.15 Å². The summed E-state index contributed by atoms with van der Waals surface area (Å²) in [4.78, 5) is 34.6. The van der Waals surface area contributed by atoms with Crippen LogP contribution in [0.3, 0.4) is 0 Å². The van der Waals surface area contributed by atoms with Crippen molar-refractivity contribution in [3.63, 3.8) is 0 Å². The van der Waals surface area contributed by atoms with E-state index in [2.05, 4.69) is 5.32 Å². The smallest absolute Gasteiger partial charge is 0.339 e. The Morgan fingerprint density at radius 2 is 1.93 bits per heavy atom. The minimum atomic E-state index is -0.506. The van der Waals surface area contributed by atoms with Gasteiger partial charge in [0.1, 0.15) is 11.3 Å². The molecular weight excluding hydrogens is 376 g/mol. The highest BCUT2D eigenvalue weighted by molar-refractivity contribution is 5.93. The molecule has 0 saturated carbocycles. The first-order valence-corrected chi connectivity index (χ1v) is 9.18. The number of nitro groups is 1. The van der Waals surface area contributed by atoms with E-state index in [-0.39, 0.29) is 17.9 Å². The van der Waals surface area contributed by atoms with Gasteiger partial charge in [0, 0.05) is 23.4 Å². The second-order valence-corrected chi connectivity index (χ2v) is 6.98. The van der Waals surface area contributed by atoms with Crippen LogP contribution in [0.25, 0.3) is 11.0 Å². The maximum Gasteiger partial charge on any atom is 0.339 e. The molecule has 0 bridgehead atoms. The average molecular weight is 394 g/mol. The molecule has 1 amide bonds. The lowest BCUT2D eigenvalue weighted by Crippen LogP contribution is -2.20. The molecule has 0 atom stereocenters. The molecule has 8 heteroatoms. The highest BCUT2D eigenvalue weighted by atomic mass is 16.6. The number of nitrogens with one attached hydrogen (secondary N) is 1. The van der Waals surface area contributed by atoms with Gasteiger partial charge in [0.2, 0.25) is 0 Å². The van der Waals surface area contributed by atoms with Crippen LogP contribution in [0.15, 0.2) is 45.6 Å². The number of aryl methyl sites for hydroxylation is 2. The number of anilines is 1. The van der Waals surface area contributed by atoms with Gasteiger partial charge in [-0.2, -0.15) is 0 Å². The number of nitro benzene ring substituents is 1. The van der Waals surface area contributed by atoms with Crippen LogP contribution < -0.4 is 15.7 Å². The van der Waals surface area contributed by atoms with Gasteiger partial charge in [-0.25, -0.2) is 4.79 Å². The average Bonchev–Trinajstić information content (AvgIpc) is 3.16. The Kier molecular flexibility index (Phi) is 4.75. The van der Waals surface area contributed by atoms with Crippen molar-refractivity contribution in [2.45, 2.75) is 26.2 Å². The molecule has 0 fully saturated rings. The second-order valence-electron chi connectivity index (χ2n) is 6.98. The van der Waals surface area contributed by atoms with Crippen LogP contribution in [0.5, 0.6) is 5.75 Å². The first-order valence-electron chi connectivity index (χ1n) is 9.18. The summed E-state index contributed by atoms with van der Waals surface area (Å²) >= 11 is 0. The number of rotatable bonds is 5. The van der Waals surface area contributed by atoms with Crippen LogP contribution in [0, 0.1) is 17.0 Å². The molecule has 8 nitrogen and oxygen atoms in total. The summed E-state index contributed by atoms with van der Waals surface area (Å²) in [5.74, 6) is 0.100. The Morgan fingerprint density at radius 1 is 1.21 bits per heavy atom. The first kappa shape index (κ1) is 18.7. The largest absolute Gasteiger partial charge is 0.483 e. The SMILES string of the molecule is Cc1cc(OCC(=O)Nc2ccc([N+](=O)[O-])cc2)c2c3c(c(=O)oc2c1)CCC3. The number of fused-ring (bicyclic) bond motifs is 3. The van der Waals surface area contributed by atoms with E-state index in [0.29, 0.717) is 29.0 Å². The quantitative estimate of drug-likeness (QED) is 0.403. The molecule has 148 valence electrons. The van der Waals surface area contributed by atoms with E-state index < -0.39 is 10.8 Å². The molecule has 1 aliphatic carbocycles. The predicted octanol–water partition coefficient (Wildman–Crippen LogP) is 3.52. The molecule has 1 N–H and O–H groups in total. The van der Waals surface area contributed by atoms with Crippen molar-refractivity contribution in [2.75, 3.05) is 11.9 Å². The molecule has 4 rings (SSSR count). The number of hydrogen-bond acceptors (Lipinski definition) is 6. The molecule has 29 heavy (non-hydrogen) atoms. The summed E-state index contributed by atoms with van der Waals surface area (Å²) in [5.41, 5.74) is 3.00. The molecule has 1 aliphatic rings. The summed E-state index contributed by atoms with van der Waals surface area (Å²) in [6.45, 7) is 1.61. The third kappa shape index (κ3) is 3.69. The van der Waals surface area contributed by atoms with Crippen LogP contribution >= 0.6 is 0 Å². The lowest BCUT2D eigenvalue weighted by Gasteiger charge is -2.13.